The number of allylic oxidation sites excluding steroid dienone is 1. The first-order valence-electron chi connectivity index (χ1n) is 5.63. The van der Waals surface area contributed by atoms with Gasteiger partial charge in [0.05, 0.1) is 12.8 Å². The molecule has 0 aliphatic rings. The number of nitrogens with one attached hydrogen (secondary N) is 2. The van der Waals surface area contributed by atoms with E-state index in [0.29, 0.717) is 16.5 Å². The molecule has 2 N–H and O–H groups in total. The predicted molar refractivity (Wildman–Crippen MR) is 74.2 cm³/mol. The number of ether oxygens (including phenoxy) is 1. The third-order valence-corrected chi connectivity index (χ3v) is 2.65. The molecule has 4 nitrogen and oxygen atoms in total. The normalized spacial score (nSPS) is 11.0. The van der Waals surface area contributed by atoms with Crippen molar-refractivity contribution in [2.45, 2.75) is 20.3 Å². The molecule has 2 amide bonds. The summed E-state index contributed by atoms with van der Waals surface area (Å²) < 4.78 is 5.13. The van der Waals surface area contributed by atoms with E-state index in [-0.39, 0.29) is 6.03 Å². The van der Waals surface area contributed by atoms with Crippen LogP contribution in [0.2, 0.25) is 5.02 Å². The van der Waals surface area contributed by atoms with Gasteiger partial charge in [-0.1, -0.05) is 24.1 Å². The highest BCUT2D eigenvalue weighted by atomic mass is 35.5. The number of carbonyl (C=O) groups is 1. The second-order valence-electron chi connectivity index (χ2n) is 3.79. The predicted octanol–water partition coefficient (Wildman–Crippen LogP) is 3.78. The van der Waals surface area contributed by atoms with E-state index in [1.165, 1.54) is 7.11 Å². The number of carbonyl (C=O) groups excluding carboxylic acids is 1. The molecule has 0 spiro atoms. The van der Waals surface area contributed by atoms with Crippen molar-refractivity contribution in [2.75, 3.05) is 12.4 Å². The molecule has 0 saturated heterocycles. The molecule has 1 rings (SSSR count). The molecule has 0 fully saturated rings. The van der Waals surface area contributed by atoms with Crippen LogP contribution >= 0.6 is 11.6 Å². The molecular formula is C13H17ClN2O2. The third kappa shape index (κ3) is 4.30. The van der Waals surface area contributed by atoms with Gasteiger partial charge in [0.2, 0.25) is 0 Å². The fourth-order valence-corrected chi connectivity index (χ4v) is 1.40. The Hall–Kier alpha value is -1.68. The van der Waals surface area contributed by atoms with E-state index in [4.69, 9.17) is 16.3 Å². The molecule has 1 aromatic carbocycles. The van der Waals surface area contributed by atoms with Crippen LogP contribution in [0.4, 0.5) is 10.5 Å². The molecule has 18 heavy (non-hydrogen) atoms. The first-order chi connectivity index (χ1) is 8.56. The lowest BCUT2D eigenvalue weighted by molar-refractivity contribution is 0.255. The number of amides is 2. The zero-order chi connectivity index (χ0) is 13.5. The van der Waals surface area contributed by atoms with Gasteiger partial charge in [-0.15, -0.1) is 0 Å². The minimum atomic E-state index is -0.330. The zero-order valence-corrected chi connectivity index (χ0v) is 11.5. The van der Waals surface area contributed by atoms with Crippen molar-refractivity contribution in [3.05, 3.63) is 35.0 Å². The van der Waals surface area contributed by atoms with Gasteiger partial charge in [0.1, 0.15) is 5.75 Å². The largest absolute Gasteiger partial charge is 0.495 e. The summed E-state index contributed by atoms with van der Waals surface area (Å²) in [6, 6.07) is 4.70. The Labute approximate surface area is 112 Å². The highest BCUT2D eigenvalue weighted by Gasteiger charge is 2.06. The van der Waals surface area contributed by atoms with Crippen molar-refractivity contribution in [2.24, 2.45) is 0 Å². The summed E-state index contributed by atoms with van der Waals surface area (Å²) in [5.41, 5.74) is 1.62. The smallest absolute Gasteiger partial charge is 0.323 e. The van der Waals surface area contributed by atoms with Crippen molar-refractivity contribution in [3.63, 3.8) is 0 Å². The molecule has 0 unspecified atom stereocenters. The lowest BCUT2D eigenvalue weighted by Gasteiger charge is -2.10. The molecule has 98 valence electrons. The standard InChI is InChI=1S/C13H17ClN2O2/c1-4-9(2)8-15-13(17)16-11-7-10(14)5-6-12(11)18-3/h5-8H,4H2,1-3H3,(H2,15,16,17)/b9-8+. The number of methoxy groups -OCH3 is 1. The maximum absolute atomic E-state index is 11.6. The van der Waals surface area contributed by atoms with E-state index in [0.717, 1.165) is 12.0 Å². The quantitative estimate of drug-likeness (QED) is 0.873. The molecule has 0 radical (unpaired) electrons. The lowest BCUT2D eigenvalue weighted by Crippen LogP contribution is -2.24. The molecular weight excluding hydrogens is 252 g/mol. The lowest BCUT2D eigenvalue weighted by atomic mass is 10.2. The fourth-order valence-electron chi connectivity index (χ4n) is 1.23. The van der Waals surface area contributed by atoms with Crippen LogP contribution in [0.5, 0.6) is 5.75 Å². The van der Waals surface area contributed by atoms with Gasteiger partial charge in [-0.05, 0) is 31.5 Å². The molecule has 0 aliphatic carbocycles. The van der Waals surface area contributed by atoms with Crippen LogP contribution in [0.25, 0.3) is 0 Å². The van der Waals surface area contributed by atoms with Gasteiger partial charge in [-0.3, -0.25) is 0 Å². The van der Waals surface area contributed by atoms with Gasteiger partial charge >= 0.3 is 6.03 Å². The van der Waals surface area contributed by atoms with Crippen LogP contribution in [0.3, 0.4) is 0 Å². The number of rotatable bonds is 4. The van der Waals surface area contributed by atoms with Gasteiger partial charge < -0.3 is 15.4 Å². The third-order valence-electron chi connectivity index (χ3n) is 2.42. The molecule has 0 bridgehead atoms. The van der Waals surface area contributed by atoms with E-state index >= 15 is 0 Å². The van der Waals surface area contributed by atoms with Crippen LogP contribution in [0.1, 0.15) is 20.3 Å². The summed E-state index contributed by atoms with van der Waals surface area (Å²) in [5, 5.41) is 5.85. The Bertz CT molecular complexity index is 458. The van der Waals surface area contributed by atoms with Crippen LogP contribution < -0.4 is 15.4 Å². The van der Waals surface area contributed by atoms with Crippen LogP contribution in [0.15, 0.2) is 30.0 Å². The molecule has 0 aliphatic heterocycles. The maximum atomic E-state index is 11.6. The number of hydrogen-bond donors (Lipinski definition) is 2. The van der Waals surface area contributed by atoms with Crippen LogP contribution in [0, 0.1) is 0 Å². The number of halogens is 1. The summed E-state index contributed by atoms with van der Waals surface area (Å²) in [6.07, 6.45) is 2.56. The van der Waals surface area contributed by atoms with E-state index in [2.05, 4.69) is 10.6 Å². The van der Waals surface area contributed by atoms with Gasteiger partial charge in [-0.2, -0.15) is 0 Å². The summed E-state index contributed by atoms with van der Waals surface area (Å²) in [5.74, 6) is 0.561. The maximum Gasteiger partial charge on any atom is 0.323 e. The number of anilines is 1. The molecule has 0 saturated carbocycles. The molecule has 0 heterocycles. The topological polar surface area (TPSA) is 50.4 Å². The summed E-state index contributed by atoms with van der Waals surface area (Å²) in [7, 11) is 1.54. The number of urea groups is 1. The number of hydrogen-bond acceptors (Lipinski definition) is 2. The van der Waals surface area contributed by atoms with Crippen molar-refractivity contribution in [1.82, 2.24) is 5.32 Å². The van der Waals surface area contributed by atoms with Gasteiger partial charge in [-0.25, -0.2) is 4.79 Å². The Morgan fingerprint density at radius 2 is 2.22 bits per heavy atom. The molecule has 1 aromatic rings. The first-order valence-corrected chi connectivity index (χ1v) is 6.01. The minimum absolute atomic E-state index is 0.330. The Balaban J connectivity index is 2.72. The fraction of sp³-hybridized carbons (Fsp3) is 0.308. The Morgan fingerprint density at radius 3 is 2.83 bits per heavy atom. The van der Waals surface area contributed by atoms with Crippen molar-refractivity contribution >= 4 is 23.3 Å². The zero-order valence-electron chi connectivity index (χ0n) is 10.7. The van der Waals surface area contributed by atoms with Crippen LogP contribution in [-0.4, -0.2) is 13.1 Å². The number of benzene rings is 1. The molecule has 5 heteroatoms. The monoisotopic (exact) mass is 268 g/mol. The second kappa shape index (κ2) is 6.91. The van der Waals surface area contributed by atoms with E-state index < -0.39 is 0 Å². The summed E-state index contributed by atoms with van der Waals surface area (Å²) in [6.45, 7) is 3.96. The summed E-state index contributed by atoms with van der Waals surface area (Å²) >= 11 is 5.87. The van der Waals surface area contributed by atoms with Crippen molar-refractivity contribution in [3.8, 4) is 5.75 Å². The minimum Gasteiger partial charge on any atom is -0.495 e. The van der Waals surface area contributed by atoms with E-state index in [9.17, 15) is 4.79 Å². The SMILES string of the molecule is CC/C(C)=C/NC(=O)Nc1cc(Cl)ccc1OC. The highest BCUT2D eigenvalue weighted by molar-refractivity contribution is 6.31. The van der Waals surface area contributed by atoms with Gasteiger partial charge in [0, 0.05) is 11.2 Å². The average Bonchev–Trinajstić information content (AvgIpc) is 2.36. The van der Waals surface area contributed by atoms with Crippen molar-refractivity contribution < 1.29 is 9.53 Å². The summed E-state index contributed by atoms with van der Waals surface area (Å²) in [4.78, 5) is 11.6. The Morgan fingerprint density at radius 1 is 1.50 bits per heavy atom. The average molecular weight is 269 g/mol. The van der Waals surface area contributed by atoms with E-state index in [1.807, 2.05) is 13.8 Å². The van der Waals surface area contributed by atoms with Gasteiger partial charge in [0.15, 0.2) is 0 Å². The van der Waals surface area contributed by atoms with E-state index in [1.54, 1.807) is 24.4 Å². The van der Waals surface area contributed by atoms with Gasteiger partial charge in [0.25, 0.3) is 0 Å². The molecule has 0 atom stereocenters. The van der Waals surface area contributed by atoms with Crippen LogP contribution in [-0.2, 0) is 0 Å². The second-order valence-corrected chi connectivity index (χ2v) is 4.22. The Kier molecular flexibility index (Phi) is 5.52. The molecule has 0 aromatic heterocycles. The van der Waals surface area contributed by atoms with Crippen molar-refractivity contribution in [1.29, 1.82) is 0 Å². The first kappa shape index (κ1) is 14.4. The highest BCUT2D eigenvalue weighted by Crippen LogP contribution is 2.27.